The standard InChI is InChI=1S/C25H25N3O4/c1-18-13-14-21(32-18)16-27(2)22(29)17-28-23(30)25(26-24(28)31,20-11-7-4-8-12-20)15-19-9-5-3-6-10-19/h3-14H,15-17H2,1-2H3,(H,26,31)/t25-/m1/s1. The van der Waals surface area contributed by atoms with Crippen molar-refractivity contribution in [3.63, 3.8) is 0 Å². The van der Waals surface area contributed by atoms with Crippen molar-refractivity contribution in [2.75, 3.05) is 13.6 Å². The number of amides is 4. The van der Waals surface area contributed by atoms with Crippen LogP contribution in [-0.4, -0.2) is 41.2 Å². The number of hydrogen-bond acceptors (Lipinski definition) is 4. The lowest BCUT2D eigenvalue weighted by molar-refractivity contribution is -0.138. The molecule has 32 heavy (non-hydrogen) atoms. The second-order valence-electron chi connectivity index (χ2n) is 8.02. The highest BCUT2D eigenvalue weighted by Gasteiger charge is 2.52. The Balaban J connectivity index is 1.57. The number of benzene rings is 2. The smallest absolute Gasteiger partial charge is 0.325 e. The predicted molar refractivity (Wildman–Crippen MR) is 118 cm³/mol. The minimum Gasteiger partial charge on any atom is -0.464 e. The van der Waals surface area contributed by atoms with Crippen LogP contribution in [0.1, 0.15) is 22.6 Å². The summed E-state index contributed by atoms with van der Waals surface area (Å²) in [6, 6.07) is 21.7. The van der Waals surface area contributed by atoms with E-state index in [9.17, 15) is 14.4 Å². The Labute approximate surface area is 186 Å². The largest absolute Gasteiger partial charge is 0.464 e. The molecule has 3 aromatic rings. The Morgan fingerprint density at radius 3 is 2.28 bits per heavy atom. The topological polar surface area (TPSA) is 82.9 Å². The van der Waals surface area contributed by atoms with Crippen molar-refractivity contribution in [3.05, 3.63) is 95.4 Å². The lowest BCUT2D eigenvalue weighted by Gasteiger charge is -2.28. The zero-order valence-electron chi connectivity index (χ0n) is 18.1. The van der Waals surface area contributed by atoms with Crippen LogP contribution in [0.2, 0.25) is 0 Å². The first-order valence-corrected chi connectivity index (χ1v) is 10.4. The van der Waals surface area contributed by atoms with Gasteiger partial charge in [0, 0.05) is 13.5 Å². The first kappa shape index (κ1) is 21.4. The van der Waals surface area contributed by atoms with Crippen molar-refractivity contribution in [3.8, 4) is 0 Å². The van der Waals surface area contributed by atoms with Gasteiger partial charge in [0.15, 0.2) is 5.54 Å². The van der Waals surface area contributed by atoms with E-state index in [1.807, 2.05) is 73.7 Å². The lowest BCUT2D eigenvalue weighted by atomic mass is 9.83. The maximum absolute atomic E-state index is 13.6. The summed E-state index contributed by atoms with van der Waals surface area (Å²) in [5.74, 6) is 0.598. The summed E-state index contributed by atoms with van der Waals surface area (Å²) in [6.07, 6.45) is 0.286. The van der Waals surface area contributed by atoms with E-state index in [1.165, 1.54) is 4.90 Å². The SMILES string of the molecule is Cc1ccc(CN(C)C(=O)CN2C(=O)N[C@](Cc3ccccc3)(c3ccccc3)C2=O)o1. The second-order valence-corrected chi connectivity index (χ2v) is 8.02. The average molecular weight is 431 g/mol. The highest BCUT2D eigenvalue weighted by atomic mass is 16.3. The average Bonchev–Trinajstić information content (AvgIpc) is 3.31. The first-order chi connectivity index (χ1) is 15.4. The maximum Gasteiger partial charge on any atom is 0.325 e. The van der Waals surface area contributed by atoms with Crippen LogP contribution < -0.4 is 5.32 Å². The molecule has 1 N–H and O–H groups in total. The van der Waals surface area contributed by atoms with Gasteiger partial charge in [-0.05, 0) is 30.2 Å². The highest BCUT2D eigenvalue weighted by Crippen LogP contribution is 2.33. The molecular weight excluding hydrogens is 406 g/mol. The van der Waals surface area contributed by atoms with Gasteiger partial charge in [-0.1, -0.05) is 60.7 Å². The zero-order valence-corrected chi connectivity index (χ0v) is 18.1. The van der Waals surface area contributed by atoms with Crippen LogP contribution in [0.15, 0.2) is 77.2 Å². The molecule has 4 rings (SSSR count). The molecule has 1 atom stereocenters. The zero-order chi connectivity index (χ0) is 22.7. The number of imide groups is 1. The third kappa shape index (κ3) is 4.14. The molecule has 0 aliphatic carbocycles. The van der Waals surface area contributed by atoms with E-state index >= 15 is 0 Å². The minimum absolute atomic E-state index is 0.254. The fraction of sp³-hybridized carbons (Fsp3) is 0.240. The Hall–Kier alpha value is -3.87. The van der Waals surface area contributed by atoms with E-state index in [4.69, 9.17) is 4.42 Å². The number of furan rings is 1. The van der Waals surface area contributed by atoms with Crippen molar-refractivity contribution < 1.29 is 18.8 Å². The summed E-state index contributed by atoms with van der Waals surface area (Å²) in [6.45, 7) is 1.74. The summed E-state index contributed by atoms with van der Waals surface area (Å²) in [7, 11) is 1.62. The van der Waals surface area contributed by atoms with Gasteiger partial charge < -0.3 is 14.6 Å². The molecule has 2 aromatic carbocycles. The van der Waals surface area contributed by atoms with Gasteiger partial charge in [0.1, 0.15) is 18.1 Å². The lowest BCUT2D eigenvalue weighted by Crippen LogP contribution is -2.47. The molecule has 164 valence electrons. The van der Waals surface area contributed by atoms with Crippen LogP contribution in [0.3, 0.4) is 0 Å². The quantitative estimate of drug-likeness (QED) is 0.582. The van der Waals surface area contributed by atoms with Gasteiger partial charge in [-0.25, -0.2) is 4.79 Å². The van der Waals surface area contributed by atoms with Crippen molar-refractivity contribution in [1.29, 1.82) is 0 Å². The van der Waals surface area contributed by atoms with Gasteiger partial charge in [-0.15, -0.1) is 0 Å². The number of nitrogens with one attached hydrogen (secondary N) is 1. The first-order valence-electron chi connectivity index (χ1n) is 10.4. The van der Waals surface area contributed by atoms with Crippen molar-refractivity contribution in [1.82, 2.24) is 15.1 Å². The highest BCUT2D eigenvalue weighted by molar-refractivity contribution is 6.09. The van der Waals surface area contributed by atoms with E-state index in [0.717, 1.165) is 16.2 Å². The van der Waals surface area contributed by atoms with Gasteiger partial charge in [-0.2, -0.15) is 0 Å². The summed E-state index contributed by atoms with van der Waals surface area (Å²) in [4.78, 5) is 41.8. The number of likely N-dealkylation sites (N-methyl/N-ethyl adjacent to an activating group) is 1. The normalized spacial score (nSPS) is 18.0. The van der Waals surface area contributed by atoms with Crippen molar-refractivity contribution in [2.45, 2.75) is 25.4 Å². The van der Waals surface area contributed by atoms with Gasteiger partial charge in [-0.3, -0.25) is 14.5 Å². The number of urea groups is 1. The van der Waals surface area contributed by atoms with Crippen LogP contribution in [-0.2, 0) is 28.1 Å². The molecule has 2 heterocycles. The number of carbonyl (C=O) groups is 3. The fourth-order valence-electron chi connectivity index (χ4n) is 3.96. The molecule has 7 heteroatoms. The molecule has 1 aliphatic heterocycles. The second kappa shape index (κ2) is 8.70. The molecule has 4 amide bonds. The molecule has 0 radical (unpaired) electrons. The minimum atomic E-state index is -1.27. The fourth-order valence-corrected chi connectivity index (χ4v) is 3.96. The molecule has 0 saturated carbocycles. The molecule has 7 nitrogen and oxygen atoms in total. The van der Waals surface area contributed by atoms with Gasteiger partial charge in [0.2, 0.25) is 5.91 Å². The van der Waals surface area contributed by atoms with E-state index in [0.29, 0.717) is 11.3 Å². The molecule has 0 spiro atoms. The molecule has 1 saturated heterocycles. The molecule has 0 bridgehead atoms. The van der Waals surface area contributed by atoms with E-state index in [2.05, 4.69) is 5.32 Å². The predicted octanol–water partition coefficient (Wildman–Crippen LogP) is 3.24. The van der Waals surface area contributed by atoms with Crippen LogP contribution in [0.4, 0.5) is 4.79 Å². The maximum atomic E-state index is 13.6. The van der Waals surface area contributed by atoms with Crippen molar-refractivity contribution >= 4 is 17.8 Å². The number of nitrogens with zero attached hydrogens (tertiary/aromatic N) is 2. The molecule has 1 aliphatic rings. The van der Waals surface area contributed by atoms with E-state index < -0.39 is 17.5 Å². The molecule has 1 fully saturated rings. The summed E-state index contributed by atoms with van der Waals surface area (Å²) >= 11 is 0. The number of hydrogen-bond donors (Lipinski definition) is 1. The van der Waals surface area contributed by atoms with Gasteiger partial charge in [0.05, 0.1) is 6.54 Å². The summed E-state index contributed by atoms with van der Waals surface area (Å²) < 4.78 is 5.52. The van der Waals surface area contributed by atoms with Crippen molar-refractivity contribution in [2.24, 2.45) is 0 Å². The monoisotopic (exact) mass is 431 g/mol. The van der Waals surface area contributed by atoms with Gasteiger partial charge >= 0.3 is 6.03 Å². The Morgan fingerprint density at radius 1 is 1.00 bits per heavy atom. The molecule has 0 unspecified atom stereocenters. The van der Waals surface area contributed by atoms with E-state index in [-0.39, 0.29) is 25.4 Å². The molecule has 1 aromatic heterocycles. The van der Waals surface area contributed by atoms with Crippen LogP contribution in [0.5, 0.6) is 0 Å². The van der Waals surface area contributed by atoms with Crippen LogP contribution >= 0.6 is 0 Å². The van der Waals surface area contributed by atoms with E-state index in [1.54, 1.807) is 13.1 Å². The Bertz CT molecular complexity index is 1130. The summed E-state index contributed by atoms with van der Waals surface area (Å²) in [5.41, 5.74) is 0.316. The molecular formula is C25H25N3O4. The number of aryl methyl sites for hydroxylation is 1. The summed E-state index contributed by atoms with van der Waals surface area (Å²) in [5, 5.41) is 2.88. The van der Waals surface area contributed by atoms with Gasteiger partial charge in [0.25, 0.3) is 5.91 Å². The Morgan fingerprint density at radius 2 is 1.66 bits per heavy atom. The third-order valence-corrected chi connectivity index (χ3v) is 5.66. The number of rotatable bonds is 7. The number of carbonyl (C=O) groups excluding carboxylic acids is 3. The third-order valence-electron chi connectivity index (χ3n) is 5.66. The Kier molecular flexibility index (Phi) is 5.81. The van der Waals surface area contributed by atoms with Crippen LogP contribution in [0, 0.1) is 6.92 Å². The van der Waals surface area contributed by atoms with Crippen LogP contribution in [0.25, 0.3) is 0 Å².